The molecule has 1 aliphatic carbocycles. The van der Waals surface area contributed by atoms with Crippen LogP contribution in [0.3, 0.4) is 0 Å². The van der Waals surface area contributed by atoms with Crippen molar-refractivity contribution in [3.8, 4) is 0 Å². The average Bonchev–Trinajstić information content (AvgIpc) is 3.16. The van der Waals surface area contributed by atoms with Gasteiger partial charge in [-0.15, -0.1) is 0 Å². The molecular weight excluding hydrogens is 422 g/mol. The lowest BCUT2D eigenvalue weighted by Gasteiger charge is -2.42. The van der Waals surface area contributed by atoms with E-state index in [0.29, 0.717) is 6.61 Å². The van der Waals surface area contributed by atoms with Gasteiger partial charge in [-0.2, -0.15) is 0 Å². The Morgan fingerprint density at radius 1 is 1.09 bits per heavy atom. The molecule has 4 rings (SSSR count). The van der Waals surface area contributed by atoms with Gasteiger partial charge in [-0.25, -0.2) is 0 Å². The number of ether oxygens (including phenoxy) is 1. The van der Waals surface area contributed by atoms with E-state index < -0.39 is 0 Å². The first kappa shape index (κ1) is 27.6. The predicted octanol–water partition coefficient (Wildman–Crippen LogP) is 5.75. The minimum Gasteiger partial charge on any atom is -0.378 e. The molecule has 0 unspecified atom stereocenters. The zero-order valence-electron chi connectivity index (χ0n) is 21.6. The fourth-order valence-electron chi connectivity index (χ4n) is 4.35. The maximum absolute atomic E-state index is 8.38. The van der Waals surface area contributed by atoms with Crippen molar-refractivity contribution in [2.24, 2.45) is 0 Å². The quantitative estimate of drug-likeness (QED) is 0.558. The van der Waals surface area contributed by atoms with Crippen molar-refractivity contribution in [1.29, 1.82) is 0 Å². The SMILES string of the molecule is CC.CC1=C/C=C/n2cccc2C2(CCN(C)CC2)N\C(C)=C\1.OCOCC1=CC=CCC=C1. The van der Waals surface area contributed by atoms with Crippen LogP contribution in [0.1, 0.15) is 52.7 Å². The highest BCUT2D eigenvalue weighted by Gasteiger charge is 2.37. The van der Waals surface area contributed by atoms with Gasteiger partial charge in [-0.05, 0) is 75.6 Å². The first-order valence-electron chi connectivity index (χ1n) is 12.4. The van der Waals surface area contributed by atoms with Crippen molar-refractivity contribution >= 4 is 6.20 Å². The minimum absolute atomic E-state index is 0.0402. The van der Waals surface area contributed by atoms with Crippen molar-refractivity contribution in [2.45, 2.75) is 52.5 Å². The molecule has 0 aromatic carbocycles. The van der Waals surface area contributed by atoms with E-state index in [9.17, 15) is 0 Å². The summed E-state index contributed by atoms with van der Waals surface area (Å²) >= 11 is 0. The Kier molecular flexibility index (Phi) is 11.9. The van der Waals surface area contributed by atoms with Crippen LogP contribution in [0, 0.1) is 0 Å². The largest absolute Gasteiger partial charge is 0.378 e. The van der Waals surface area contributed by atoms with Crippen LogP contribution < -0.4 is 5.32 Å². The van der Waals surface area contributed by atoms with Gasteiger partial charge in [0.1, 0.15) is 6.79 Å². The van der Waals surface area contributed by atoms with Crippen LogP contribution in [0.25, 0.3) is 6.20 Å². The van der Waals surface area contributed by atoms with Gasteiger partial charge in [0.25, 0.3) is 0 Å². The summed E-state index contributed by atoms with van der Waals surface area (Å²) in [6.45, 7) is 10.9. The van der Waals surface area contributed by atoms with Crippen LogP contribution in [0.5, 0.6) is 0 Å². The molecule has 2 N–H and O–H groups in total. The van der Waals surface area contributed by atoms with Gasteiger partial charge in [-0.3, -0.25) is 0 Å². The number of aliphatic hydroxyl groups excluding tert-OH is 1. The molecule has 3 heterocycles. The number of allylic oxidation sites excluding steroid dienone is 9. The van der Waals surface area contributed by atoms with Crippen LogP contribution in [-0.2, 0) is 10.3 Å². The monoisotopic (exact) mass is 465 g/mol. The highest BCUT2D eigenvalue weighted by Crippen LogP contribution is 2.34. The highest BCUT2D eigenvalue weighted by atomic mass is 16.6. The molecular formula is C29H43N3O2. The Bertz CT molecular complexity index is 923. The normalized spacial score (nSPS) is 23.2. The van der Waals surface area contributed by atoms with Crippen LogP contribution >= 0.6 is 0 Å². The molecule has 1 aromatic heterocycles. The average molecular weight is 466 g/mol. The van der Waals surface area contributed by atoms with Gasteiger partial charge in [0, 0.05) is 36.9 Å². The molecule has 0 atom stereocenters. The smallest absolute Gasteiger partial charge is 0.144 e. The zero-order valence-corrected chi connectivity index (χ0v) is 21.6. The molecule has 0 amide bonds. The minimum atomic E-state index is -0.213. The summed E-state index contributed by atoms with van der Waals surface area (Å²) in [5, 5.41) is 12.2. The number of likely N-dealkylation sites (tertiary alicyclic amines) is 1. The topological polar surface area (TPSA) is 49.7 Å². The summed E-state index contributed by atoms with van der Waals surface area (Å²) in [7, 11) is 2.21. The lowest BCUT2D eigenvalue weighted by atomic mass is 9.83. The van der Waals surface area contributed by atoms with E-state index >= 15 is 0 Å². The van der Waals surface area contributed by atoms with Gasteiger partial charge in [0.2, 0.25) is 0 Å². The summed E-state index contributed by atoms with van der Waals surface area (Å²) in [6, 6.07) is 4.41. The van der Waals surface area contributed by atoms with Crippen molar-refractivity contribution in [3.05, 3.63) is 89.5 Å². The third-order valence-corrected chi connectivity index (χ3v) is 6.01. The molecule has 186 valence electrons. The molecule has 0 saturated carbocycles. The van der Waals surface area contributed by atoms with Gasteiger partial charge < -0.3 is 24.6 Å². The molecule has 1 saturated heterocycles. The summed E-state index contributed by atoms with van der Waals surface area (Å²) in [5.74, 6) is 0. The molecule has 1 fully saturated rings. The van der Waals surface area contributed by atoms with Gasteiger partial charge in [0.15, 0.2) is 0 Å². The van der Waals surface area contributed by atoms with Gasteiger partial charge >= 0.3 is 0 Å². The standard InChI is InChI=1S/C18H25N3.C9H12O2.C2H6/c1-15-6-4-10-21-11-5-7-17(21)18(19-16(2)14-15)8-12-20(3)13-9-18;10-8-11-7-9-5-3-1-2-4-6-9;1-2/h4-7,10-11,14,19H,8-9,12-13H2,1-3H3;1,3-6,10H,2,7-8H2;1-2H3/b10-4+,15-6-,16-14+;;. The van der Waals surface area contributed by atoms with Crippen LogP contribution in [0.2, 0.25) is 0 Å². The van der Waals surface area contributed by atoms with E-state index in [1.54, 1.807) is 0 Å². The molecule has 0 radical (unpaired) electrons. The third kappa shape index (κ3) is 8.32. The molecule has 0 bridgehead atoms. The Labute approximate surface area is 206 Å². The fourth-order valence-corrected chi connectivity index (χ4v) is 4.35. The summed E-state index contributed by atoms with van der Waals surface area (Å²) in [5.41, 5.74) is 5.02. The van der Waals surface area contributed by atoms with Crippen molar-refractivity contribution in [2.75, 3.05) is 33.5 Å². The second kappa shape index (κ2) is 14.6. The van der Waals surface area contributed by atoms with E-state index in [0.717, 1.165) is 37.9 Å². The second-order valence-corrected chi connectivity index (χ2v) is 8.68. The first-order valence-corrected chi connectivity index (χ1v) is 12.4. The molecule has 5 nitrogen and oxygen atoms in total. The number of piperidine rings is 1. The Balaban J connectivity index is 0.000000266. The van der Waals surface area contributed by atoms with Crippen LogP contribution in [-0.4, -0.2) is 48.1 Å². The van der Waals surface area contributed by atoms with Crippen molar-refractivity contribution in [3.63, 3.8) is 0 Å². The number of rotatable bonds is 3. The van der Waals surface area contributed by atoms with Gasteiger partial charge in [-0.1, -0.05) is 50.3 Å². The Morgan fingerprint density at radius 2 is 1.85 bits per heavy atom. The van der Waals surface area contributed by atoms with E-state index in [4.69, 9.17) is 9.84 Å². The second-order valence-electron chi connectivity index (χ2n) is 8.68. The van der Waals surface area contributed by atoms with E-state index in [1.165, 1.54) is 17.0 Å². The van der Waals surface area contributed by atoms with Crippen molar-refractivity contribution < 1.29 is 9.84 Å². The summed E-state index contributed by atoms with van der Waals surface area (Å²) in [6.07, 6.45) is 24.2. The van der Waals surface area contributed by atoms with Crippen LogP contribution in [0.4, 0.5) is 0 Å². The fraction of sp³-hybridized carbons (Fsp3) is 0.448. The Hall–Kier alpha value is -2.60. The zero-order chi connectivity index (χ0) is 24.8. The highest BCUT2D eigenvalue weighted by molar-refractivity contribution is 5.39. The maximum atomic E-state index is 8.38. The van der Waals surface area contributed by atoms with Crippen LogP contribution in [0.15, 0.2) is 83.8 Å². The number of fused-ring (bicyclic) bond motifs is 2. The third-order valence-electron chi connectivity index (χ3n) is 6.01. The maximum Gasteiger partial charge on any atom is 0.144 e. The van der Waals surface area contributed by atoms with Crippen molar-refractivity contribution in [1.82, 2.24) is 14.8 Å². The van der Waals surface area contributed by atoms with E-state index in [-0.39, 0.29) is 12.3 Å². The lowest BCUT2D eigenvalue weighted by Crippen LogP contribution is -2.50. The summed E-state index contributed by atoms with van der Waals surface area (Å²) in [4.78, 5) is 2.42. The molecule has 1 aromatic rings. The first-order chi connectivity index (χ1) is 16.5. The molecule has 1 spiro atoms. The molecule has 5 heteroatoms. The number of aromatic nitrogens is 1. The predicted molar refractivity (Wildman–Crippen MR) is 144 cm³/mol. The summed E-state index contributed by atoms with van der Waals surface area (Å²) < 4.78 is 7.10. The number of aliphatic hydroxyl groups is 1. The number of hydrogen-bond donors (Lipinski definition) is 2. The molecule has 3 aliphatic rings. The number of nitrogens with one attached hydrogen (secondary N) is 1. The Morgan fingerprint density at radius 3 is 2.59 bits per heavy atom. The lowest BCUT2D eigenvalue weighted by molar-refractivity contribution is 0.0110. The number of hydrogen-bond acceptors (Lipinski definition) is 4. The van der Waals surface area contributed by atoms with Gasteiger partial charge in [0.05, 0.1) is 12.1 Å². The van der Waals surface area contributed by atoms with E-state index in [2.05, 4.69) is 90.6 Å². The number of nitrogens with zero attached hydrogens (tertiary/aromatic N) is 2. The van der Waals surface area contributed by atoms with E-state index in [1.807, 2.05) is 32.1 Å². The molecule has 2 aliphatic heterocycles. The molecule has 34 heavy (non-hydrogen) atoms.